The van der Waals surface area contributed by atoms with E-state index in [1.807, 2.05) is 37.3 Å². The standard InChI is InChI=1S/C11H12BrClO/c1-8(13)3-4-9-5-6-11(14-2)10(12)7-9/h3-8H,1-2H3/b4-3+. The molecule has 1 atom stereocenters. The van der Waals surface area contributed by atoms with Gasteiger partial charge < -0.3 is 4.74 Å². The third-order valence-electron chi connectivity index (χ3n) is 1.73. The molecule has 14 heavy (non-hydrogen) atoms. The largest absolute Gasteiger partial charge is 0.496 e. The number of rotatable bonds is 3. The smallest absolute Gasteiger partial charge is 0.133 e. The molecule has 3 heteroatoms. The molecule has 0 saturated carbocycles. The molecule has 0 fully saturated rings. The third-order valence-corrected chi connectivity index (χ3v) is 2.49. The fourth-order valence-corrected chi connectivity index (χ4v) is 1.66. The molecule has 0 aliphatic carbocycles. The zero-order valence-corrected chi connectivity index (χ0v) is 10.5. The monoisotopic (exact) mass is 274 g/mol. The number of alkyl halides is 1. The number of allylic oxidation sites excluding steroid dienone is 1. The van der Waals surface area contributed by atoms with Crippen LogP contribution in [-0.4, -0.2) is 12.5 Å². The van der Waals surface area contributed by atoms with Crippen molar-refractivity contribution in [1.82, 2.24) is 0 Å². The molecule has 1 rings (SSSR count). The average molecular weight is 276 g/mol. The van der Waals surface area contributed by atoms with Crippen molar-refractivity contribution in [3.63, 3.8) is 0 Å². The second-order valence-electron chi connectivity index (χ2n) is 2.93. The van der Waals surface area contributed by atoms with Crippen molar-refractivity contribution in [2.75, 3.05) is 7.11 Å². The van der Waals surface area contributed by atoms with Crippen LogP contribution in [0.5, 0.6) is 5.75 Å². The first-order chi connectivity index (χ1) is 6.63. The lowest BCUT2D eigenvalue weighted by molar-refractivity contribution is 0.412. The van der Waals surface area contributed by atoms with Crippen molar-refractivity contribution in [3.8, 4) is 5.75 Å². The van der Waals surface area contributed by atoms with Gasteiger partial charge in [-0.2, -0.15) is 0 Å². The lowest BCUT2D eigenvalue weighted by Crippen LogP contribution is -1.85. The predicted molar refractivity (Wildman–Crippen MR) is 65.0 cm³/mol. The summed E-state index contributed by atoms with van der Waals surface area (Å²) in [5.74, 6) is 0.834. The molecule has 0 amide bonds. The molecule has 76 valence electrons. The van der Waals surface area contributed by atoms with Crippen LogP contribution < -0.4 is 4.74 Å². The zero-order chi connectivity index (χ0) is 10.6. The second kappa shape index (κ2) is 5.42. The highest BCUT2D eigenvalue weighted by molar-refractivity contribution is 9.10. The summed E-state index contributed by atoms with van der Waals surface area (Å²) in [6.07, 6.45) is 3.93. The van der Waals surface area contributed by atoms with Gasteiger partial charge in [0.05, 0.1) is 11.6 Å². The molecular weight excluding hydrogens is 263 g/mol. The van der Waals surface area contributed by atoms with Crippen molar-refractivity contribution in [2.24, 2.45) is 0 Å². The molecule has 0 aliphatic heterocycles. The molecule has 0 saturated heterocycles. The Balaban J connectivity index is 2.86. The first-order valence-electron chi connectivity index (χ1n) is 4.29. The molecule has 0 heterocycles. The van der Waals surface area contributed by atoms with Crippen LogP contribution in [0.4, 0.5) is 0 Å². The Kier molecular flexibility index (Phi) is 4.49. The zero-order valence-electron chi connectivity index (χ0n) is 8.13. The predicted octanol–water partition coefficient (Wildman–Crippen LogP) is 4.10. The van der Waals surface area contributed by atoms with Gasteiger partial charge in [0, 0.05) is 5.38 Å². The minimum absolute atomic E-state index is 0.0517. The minimum Gasteiger partial charge on any atom is -0.496 e. The van der Waals surface area contributed by atoms with Crippen molar-refractivity contribution < 1.29 is 4.74 Å². The maximum Gasteiger partial charge on any atom is 0.133 e. The van der Waals surface area contributed by atoms with Crippen LogP contribution in [-0.2, 0) is 0 Å². The molecule has 1 nitrogen and oxygen atoms in total. The normalized spacial score (nSPS) is 13.1. The third kappa shape index (κ3) is 3.35. The SMILES string of the molecule is COc1ccc(/C=C/C(C)Cl)cc1Br. The number of methoxy groups -OCH3 is 1. The van der Waals surface area contributed by atoms with Crippen molar-refractivity contribution in [3.05, 3.63) is 34.3 Å². The van der Waals surface area contributed by atoms with E-state index in [4.69, 9.17) is 16.3 Å². The van der Waals surface area contributed by atoms with Crippen LogP contribution in [0.3, 0.4) is 0 Å². The average Bonchev–Trinajstić information content (AvgIpc) is 2.15. The summed E-state index contributed by atoms with van der Waals surface area (Å²) in [6.45, 7) is 1.93. The fraction of sp³-hybridized carbons (Fsp3) is 0.273. The lowest BCUT2D eigenvalue weighted by Gasteiger charge is -2.03. The number of hydrogen-bond acceptors (Lipinski definition) is 1. The van der Waals surface area contributed by atoms with Gasteiger partial charge in [0.2, 0.25) is 0 Å². The molecular formula is C11H12BrClO. The highest BCUT2D eigenvalue weighted by Gasteiger charge is 1.98. The summed E-state index contributed by atoms with van der Waals surface area (Å²) < 4.78 is 6.08. The summed E-state index contributed by atoms with van der Waals surface area (Å²) in [5, 5.41) is 0.0517. The number of benzene rings is 1. The number of hydrogen-bond donors (Lipinski definition) is 0. The molecule has 1 aromatic carbocycles. The van der Waals surface area contributed by atoms with Crippen LogP contribution in [0.2, 0.25) is 0 Å². The van der Waals surface area contributed by atoms with E-state index in [1.54, 1.807) is 7.11 Å². The van der Waals surface area contributed by atoms with Crippen molar-refractivity contribution in [2.45, 2.75) is 12.3 Å². The summed E-state index contributed by atoms with van der Waals surface area (Å²) in [6, 6.07) is 5.90. The Labute approximate surface area is 97.9 Å². The summed E-state index contributed by atoms with van der Waals surface area (Å²) in [5.41, 5.74) is 1.10. The summed E-state index contributed by atoms with van der Waals surface area (Å²) in [7, 11) is 1.65. The Morgan fingerprint density at radius 2 is 2.21 bits per heavy atom. The van der Waals surface area contributed by atoms with Gasteiger partial charge in [0.15, 0.2) is 0 Å². The van der Waals surface area contributed by atoms with E-state index in [0.717, 1.165) is 15.8 Å². The van der Waals surface area contributed by atoms with Gasteiger partial charge in [0.1, 0.15) is 5.75 Å². The van der Waals surface area contributed by atoms with Crippen LogP contribution in [0.15, 0.2) is 28.7 Å². The van der Waals surface area contributed by atoms with Crippen LogP contribution in [0, 0.1) is 0 Å². The van der Waals surface area contributed by atoms with E-state index in [2.05, 4.69) is 15.9 Å². The highest BCUT2D eigenvalue weighted by atomic mass is 79.9. The Hall–Kier alpha value is -0.470. The first kappa shape index (κ1) is 11.6. The molecule has 0 spiro atoms. The Morgan fingerprint density at radius 1 is 1.50 bits per heavy atom. The Morgan fingerprint density at radius 3 is 2.71 bits per heavy atom. The Bertz CT molecular complexity index is 334. The van der Waals surface area contributed by atoms with Crippen LogP contribution >= 0.6 is 27.5 Å². The van der Waals surface area contributed by atoms with Gasteiger partial charge in [-0.1, -0.05) is 18.2 Å². The quantitative estimate of drug-likeness (QED) is 0.755. The highest BCUT2D eigenvalue weighted by Crippen LogP contribution is 2.26. The lowest BCUT2D eigenvalue weighted by atomic mass is 10.2. The van der Waals surface area contributed by atoms with Crippen molar-refractivity contribution in [1.29, 1.82) is 0 Å². The van der Waals surface area contributed by atoms with E-state index in [-0.39, 0.29) is 5.38 Å². The van der Waals surface area contributed by atoms with E-state index in [9.17, 15) is 0 Å². The topological polar surface area (TPSA) is 9.23 Å². The van der Waals surface area contributed by atoms with E-state index in [0.29, 0.717) is 0 Å². The van der Waals surface area contributed by atoms with Gasteiger partial charge in [-0.15, -0.1) is 11.6 Å². The molecule has 1 unspecified atom stereocenters. The van der Waals surface area contributed by atoms with E-state index in [1.165, 1.54) is 0 Å². The number of ether oxygens (including phenoxy) is 1. The van der Waals surface area contributed by atoms with Gasteiger partial charge in [-0.25, -0.2) is 0 Å². The first-order valence-corrected chi connectivity index (χ1v) is 5.52. The maximum absolute atomic E-state index is 5.80. The second-order valence-corrected chi connectivity index (χ2v) is 4.47. The molecule has 1 aromatic rings. The molecule has 0 aromatic heterocycles. The van der Waals surface area contributed by atoms with Gasteiger partial charge in [-0.05, 0) is 40.5 Å². The van der Waals surface area contributed by atoms with E-state index >= 15 is 0 Å². The summed E-state index contributed by atoms with van der Waals surface area (Å²) >= 11 is 9.23. The molecule has 0 N–H and O–H groups in total. The van der Waals surface area contributed by atoms with Crippen molar-refractivity contribution >= 4 is 33.6 Å². The molecule has 0 bridgehead atoms. The number of halogens is 2. The fourth-order valence-electron chi connectivity index (χ4n) is 1.03. The van der Waals surface area contributed by atoms with Gasteiger partial charge in [-0.3, -0.25) is 0 Å². The van der Waals surface area contributed by atoms with Gasteiger partial charge in [0.25, 0.3) is 0 Å². The van der Waals surface area contributed by atoms with Crippen LogP contribution in [0.1, 0.15) is 12.5 Å². The van der Waals surface area contributed by atoms with E-state index < -0.39 is 0 Å². The maximum atomic E-state index is 5.80. The van der Waals surface area contributed by atoms with Gasteiger partial charge >= 0.3 is 0 Å². The molecule has 0 aliphatic rings. The minimum atomic E-state index is 0.0517. The molecule has 0 radical (unpaired) electrons. The van der Waals surface area contributed by atoms with Crippen LogP contribution in [0.25, 0.3) is 6.08 Å². The summed E-state index contributed by atoms with van der Waals surface area (Å²) in [4.78, 5) is 0.